The summed E-state index contributed by atoms with van der Waals surface area (Å²) in [7, 11) is 0. The molecular weight excluding hydrogens is 446 g/mol. The van der Waals surface area contributed by atoms with Gasteiger partial charge in [0.1, 0.15) is 5.82 Å². The normalized spacial score (nSPS) is 23.3. The lowest BCUT2D eigenvalue weighted by molar-refractivity contribution is -0.145. The highest BCUT2D eigenvalue weighted by Crippen LogP contribution is 2.47. The summed E-state index contributed by atoms with van der Waals surface area (Å²) < 4.78 is 0. The largest absolute Gasteiger partial charge is 0.481 e. The first-order valence-corrected chi connectivity index (χ1v) is 12.7. The first kappa shape index (κ1) is 24.9. The monoisotopic (exact) mass is 481 g/mol. The predicted molar refractivity (Wildman–Crippen MR) is 130 cm³/mol. The van der Waals surface area contributed by atoms with E-state index in [0.717, 1.165) is 18.4 Å². The molecule has 0 radical (unpaired) electrons. The summed E-state index contributed by atoms with van der Waals surface area (Å²) in [5, 5.41) is 22.8. The van der Waals surface area contributed by atoms with Gasteiger partial charge < -0.3 is 20.5 Å². The number of carbonyl (C=O) groups excluding carboxylic acids is 1. The summed E-state index contributed by atoms with van der Waals surface area (Å²) in [6.45, 7) is 0. The Kier molecular flexibility index (Phi) is 7.88. The fraction of sp³-hybridized carbons (Fsp3) is 0.556. The number of amides is 1. The molecule has 1 aromatic carbocycles. The van der Waals surface area contributed by atoms with E-state index < -0.39 is 23.3 Å². The lowest BCUT2D eigenvalue weighted by Gasteiger charge is -2.36. The molecule has 2 aliphatic carbocycles. The summed E-state index contributed by atoms with van der Waals surface area (Å²) in [5.41, 5.74) is 0.300. The number of aromatic nitrogens is 2. The van der Waals surface area contributed by atoms with Gasteiger partial charge in [-0.3, -0.25) is 14.4 Å². The average Bonchev–Trinajstić information content (AvgIpc) is 3.55. The van der Waals surface area contributed by atoms with E-state index in [-0.39, 0.29) is 30.2 Å². The summed E-state index contributed by atoms with van der Waals surface area (Å²) in [4.78, 5) is 45.1. The smallest absolute Gasteiger partial charge is 0.307 e. The molecule has 1 amide bonds. The van der Waals surface area contributed by atoms with Crippen LogP contribution >= 0.6 is 0 Å². The fourth-order valence-electron chi connectivity index (χ4n) is 6.00. The average molecular weight is 482 g/mol. The van der Waals surface area contributed by atoms with Crippen molar-refractivity contribution in [3.8, 4) is 0 Å². The van der Waals surface area contributed by atoms with Crippen LogP contribution in [0.3, 0.4) is 0 Å². The van der Waals surface area contributed by atoms with Crippen LogP contribution in [0.2, 0.25) is 0 Å². The Morgan fingerprint density at radius 1 is 1.06 bits per heavy atom. The molecule has 0 aliphatic heterocycles. The molecule has 4 N–H and O–H groups in total. The first-order chi connectivity index (χ1) is 16.9. The number of nitrogens with one attached hydrogen (secondary N) is 2. The van der Waals surface area contributed by atoms with Gasteiger partial charge in [-0.05, 0) is 56.9 Å². The van der Waals surface area contributed by atoms with E-state index in [2.05, 4.69) is 15.3 Å². The number of hydrogen-bond acceptors (Lipinski definition) is 4. The van der Waals surface area contributed by atoms with E-state index in [0.29, 0.717) is 50.8 Å². The Balaban J connectivity index is 1.53. The van der Waals surface area contributed by atoms with Gasteiger partial charge >= 0.3 is 11.9 Å². The van der Waals surface area contributed by atoms with Crippen molar-refractivity contribution in [1.29, 1.82) is 0 Å². The number of aromatic amines is 1. The maximum atomic E-state index is 13.6. The van der Waals surface area contributed by atoms with Gasteiger partial charge in [0, 0.05) is 24.4 Å². The highest BCUT2D eigenvalue weighted by Gasteiger charge is 2.47. The van der Waals surface area contributed by atoms with E-state index in [4.69, 9.17) is 0 Å². The summed E-state index contributed by atoms with van der Waals surface area (Å²) in [5.74, 6) is -2.63. The molecule has 2 aliphatic rings. The SMILES string of the molecule is O=C(O)C(CC1(C(=O)N[C@H]2CC[C@@H](C(=O)O)CC2)CCCC1)C(Cc1ccccc1)c1ncc[nH]1. The maximum Gasteiger partial charge on any atom is 0.307 e. The highest BCUT2D eigenvalue weighted by molar-refractivity contribution is 5.84. The van der Waals surface area contributed by atoms with Gasteiger partial charge in [0.15, 0.2) is 0 Å². The summed E-state index contributed by atoms with van der Waals surface area (Å²) in [6.07, 6.45) is 9.66. The third kappa shape index (κ3) is 5.92. The lowest BCUT2D eigenvalue weighted by Crippen LogP contribution is -2.47. The van der Waals surface area contributed by atoms with Crippen LogP contribution in [0, 0.1) is 17.3 Å². The molecule has 1 heterocycles. The van der Waals surface area contributed by atoms with Crippen LogP contribution < -0.4 is 5.32 Å². The van der Waals surface area contributed by atoms with Crippen LogP contribution in [0.25, 0.3) is 0 Å². The van der Waals surface area contributed by atoms with Crippen molar-refractivity contribution in [2.45, 2.75) is 76.2 Å². The number of carboxylic acids is 2. The van der Waals surface area contributed by atoms with Crippen molar-refractivity contribution in [3.63, 3.8) is 0 Å². The van der Waals surface area contributed by atoms with E-state index >= 15 is 0 Å². The zero-order valence-electron chi connectivity index (χ0n) is 20.0. The van der Waals surface area contributed by atoms with Gasteiger partial charge in [0.25, 0.3) is 0 Å². The van der Waals surface area contributed by atoms with Crippen molar-refractivity contribution in [2.75, 3.05) is 0 Å². The van der Waals surface area contributed by atoms with Gasteiger partial charge in [0.2, 0.25) is 5.91 Å². The van der Waals surface area contributed by atoms with Crippen LogP contribution in [0.4, 0.5) is 0 Å². The molecule has 2 aromatic rings. The number of carbonyl (C=O) groups is 3. The van der Waals surface area contributed by atoms with Crippen molar-refractivity contribution in [1.82, 2.24) is 15.3 Å². The zero-order valence-corrected chi connectivity index (χ0v) is 20.0. The molecule has 2 saturated carbocycles. The van der Waals surface area contributed by atoms with Gasteiger partial charge in [-0.25, -0.2) is 4.98 Å². The lowest BCUT2D eigenvalue weighted by atomic mass is 9.71. The zero-order chi connectivity index (χ0) is 24.8. The van der Waals surface area contributed by atoms with E-state index in [1.807, 2.05) is 30.3 Å². The maximum absolute atomic E-state index is 13.6. The highest BCUT2D eigenvalue weighted by atomic mass is 16.4. The fourth-order valence-corrected chi connectivity index (χ4v) is 6.00. The number of rotatable bonds is 10. The molecule has 0 saturated heterocycles. The molecule has 188 valence electrons. The summed E-state index contributed by atoms with van der Waals surface area (Å²) >= 11 is 0. The molecule has 2 atom stereocenters. The topological polar surface area (TPSA) is 132 Å². The molecule has 4 rings (SSSR count). The Bertz CT molecular complexity index is 993. The minimum absolute atomic E-state index is 0.0518. The van der Waals surface area contributed by atoms with Crippen molar-refractivity contribution >= 4 is 17.8 Å². The van der Waals surface area contributed by atoms with Crippen LogP contribution in [-0.2, 0) is 20.8 Å². The minimum Gasteiger partial charge on any atom is -0.481 e. The second-order valence-corrected chi connectivity index (χ2v) is 10.3. The van der Waals surface area contributed by atoms with Gasteiger partial charge in [-0.15, -0.1) is 0 Å². The van der Waals surface area contributed by atoms with E-state index in [1.165, 1.54) is 0 Å². The van der Waals surface area contributed by atoms with Crippen molar-refractivity contribution in [2.24, 2.45) is 17.3 Å². The quantitative estimate of drug-likeness (QED) is 0.403. The number of benzene rings is 1. The van der Waals surface area contributed by atoms with Crippen LogP contribution in [0.15, 0.2) is 42.7 Å². The molecule has 0 spiro atoms. The molecule has 8 heteroatoms. The molecule has 35 heavy (non-hydrogen) atoms. The van der Waals surface area contributed by atoms with Crippen molar-refractivity contribution < 1.29 is 24.6 Å². The second-order valence-electron chi connectivity index (χ2n) is 10.3. The minimum atomic E-state index is -0.914. The third-order valence-electron chi connectivity index (χ3n) is 8.04. The Labute approximate surface area is 205 Å². The van der Waals surface area contributed by atoms with Crippen LogP contribution in [0.1, 0.15) is 75.1 Å². The van der Waals surface area contributed by atoms with E-state index in [1.54, 1.807) is 12.4 Å². The Hall–Kier alpha value is -3.16. The number of nitrogens with zero attached hydrogens (tertiary/aromatic N) is 1. The Morgan fingerprint density at radius 2 is 1.74 bits per heavy atom. The van der Waals surface area contributed by atoms with E-state index in [9.17, 15) is 24.6 Å². The third-order valence-corrected chi connectivity index (χ3v) is 8.04. The van der Waals surface area contributed by atoms with Crippen LogP contribution in [0.5, 0.6) is 0 Å². The number of hydrogen-bond donors (Lipinski definition) is 4. The molecule has 0 bridgehead atoms. The number of H-pyrrole nitrogens is 1. The van der Waals surface area contributed by atoms with Crippen molar-refractivity contribution in [3.05, 3.63) is 54.1 Å². The Morgan fingerprint density at radius 3 is 2.31 bits per heavy atom. The first-order valence-electron chi connectivity index (χ1n) is 12.7. The number of aliphatic carboxylic acids is 2. The number of carboxylic acid groups (broad SMARTS) is 2. The van der Waals surface area contributed by atoms with Gasteiger partial charge in [0.05, 0.1) is 17.3 Å². The standard InChI is InChI=1S/C27H35N3O5/c31-24(32)19-8-10-20(11-9-19)30-26(35)27(12-4-5-13-27)17-22(25(33)34)21(23-28-14-15-29-23)16-18-6-2-1-3-7-18/h1-3,6-7,14-15,19-22H,4-5,8-13,16-17H2,(H,28,29)(H,30,35)(H,31,32)(H,33,34)/t19-,20+,21?,22?. The second kappa shape index (κ2) is 11.1. The predicted octanol–water partition coefficient (Wildman–Crippen LogP) is 4.15. The molecular formula is C27H35N3O5. The number of imidazole rings is 1. The van der Waals surface area contributed by atoms with Gasteiger partial charge in [-0.2, -0.15) is 0 Å². The van der Waals surface area contributed by atoms with Gasteiger partial charge in [-0.1, -0.05) is 43.2 Å². The van der Waals surface area contributed by atoms with Crippen LogP contribution in [-0.4, -0.2) is 44.1 Å². The molecule has 2 fully saturated rings. The molecule has 2 unspecified atom stereocenters. The molecule has 1 aromatic heterocycles. The molecule has 8 nitrogen and oxygen atoms in total. The summed E-state index contributed by atoms with van der Waals surface area (Å²) in [6, 6.07) is 9.73.